The minimum atomic E-state index is -5.02. The van der Waals surface area contributed by atoms with Crippen LogP contribution in [-0.4, -0.2) is 35.0 Å². The summed E-state index contributed by atoms with van der Waals surface area (Å²) in [6.07, 6.45) is -4.27. The van der Waals surface area contributed by atoms with E-state index in [0.717, 1.165) is 6.92 Å². The van der Waals surface area contributed by atoms with Gasteiger partial charge in [-0.15, -0.1) is 0 Å². The minimum absolute atomic E-state index is 0.228. The molecule has 0 unspecified atom stereocenters. The van der Waals surface area contributed by atoms with Crippen LogP contribution >= 0.6 is 0 Å². The van der Waals surface area contributed by atoms with Gasteiger partial charge in [0.05, 0.1) is 12.0 Å². The van der Waals surface area contributed by atoms with Gasteiger partial charge in [-0.2, -0.15) is 8.78 Å². The van der Waals surface area contributed by atoms with Crippen LogP contribution < -0.4 is 10.6 Å². The Labute approximate surface area is 128 Å². The fourth-order valence-electron chi connectivity index (χ4n) is 2.67. The Balaban J connectivity index is 2.58. The van der Waals surface area contributed by atoms with Crippen LogP contribution in [0, 0.1) is 5.92 Å². The third kappa shape index (κ3) is 2.76. The summed E-state index contributed by atoms with van der Waals surface area (Å²) in [6, 6.07) is 4.84. The number of hydrogen-bond acceptors (Lipinski definition) is 3. The van der Waals surface area contributed by atoms with E-state index >= 15 is 0 Å². The van der Waals surface area contributed by atoms with E-state index in [9.17, 15) is 32.3 Å². The van der Waals surface area contributed by atoms with E-state index in [1.54, 1.807) is 6.07 Å². The van der Waals surface area contributed by atoms with Crippen LogP contribution in [0.1, 0.15) is 18.5 Å². The zero-order valence-corrected chi connectivity index (χ0v) is 11.9. The Hall–Kier alpha value is -2.16. The first-order valence-corrected chi connectivity index (χ1v) is 6.63. The van der Waals surface area contributed by atoms with E-state index in [1.165, 1.54) is 29.6 Å². The maximum Gasteiger partial charge on any atom is 0.354 e. The average Bonchev–Trinajstić information content (AvgIpc) is 2.46. The highest BCUT2D eigenvalue weighted by Gasteiger charge is 2.68. The molecule has 1 aliphatic rings. The Kier molecular flexibility index (Phi) is 4.34. The second-order valence-electron chi connectivity index (χ2n) is 5.27. The maximum atomic E-state index is 13.9. The van der Waals surface area contributed by atoms with Gasteiger partial charge < -0.3 is 15.7 Å². The summed E-state index contributed by atoms with van der Waals surface area (Å²) >= 11 is 0. The normalized spacial score (nSPS) is 28.2. The first-order chi connectivity index (χ1) is 10.6. The summed E-state index contributed by atoms with van der Waals surface area (Å²) < 4.78 is 53.3. The van der Waals surface area contributed by atoms with Crippen molar-refractivity contribution in [2.24, 2.45) is 5.92 Å². The van der Waals surface area contributed by atoms with E-state index in [1.807, 2.05) is 0 Å². The predicted molar refractivity (Wildman–Crippen MR) is 70.9 cm³/mol. The molecular formula is C14H14F4N2O3. The number of halogens is 4. The highest BCUT2D eigenvalue weighted by molar-refractivity contribution is 5.86. The van der Waals surface area contributed by atoms with Crippen molar-refractivity contribution >= 4 is 11.8 Å². The maximum absolute atomic E-state index is 13.9. The number of aliphatic hydroxyl groups is 1. The summed E-state index contributed by atoms with van der Waals surface area (Å²) in [6.45, 7) is 0.881. The van der Waals surface area contributed by atoms with Crippen molar-refractivity contribution < 1.29 is 32.3 Å². The second kappa shape index (κ2) is 5.80. The summed E-state index contributed by atoms with van der Waals surface area (Å²) in [4.78, 5) is 23.5. The van der Waals surface area contributed by atoms with Crippen LogP contribution in [0.3, 0.4) is 0 Å². The van der Waals surface area contributed by atoms with E-state index < -0.39 is 41.8 Å². The molecule has 3 N–H and O–H groups in total. The summed E-state index contributed by atoms with van der Waals surface area (Å²) in [7, 11) is 0. The van der Waals surface area contributed by atoms with Gasteiger partial charge in [-0.3, -0.25) is 4.79 Å². The molecule has 126 valence electrons. The number of urea groups is 1. The lowest BCUT2D eigenvalue weighted by Gasteiger charge is -2.47. The van der Waals surface area contributed by atoms with E-state index in [2.05, 4.69) is 5.32 Å². The van der Waals surface area contributed by atoms with E-state index in [-0.39, 0.29) is 5.56 Å². The Morgan fingerprint density at radius 3 is 2.35 bits per heavy atom. The number of carbonyl (C=O) groups is 2. The lowest BCUT2D eigenvalue weighted by atomic mass is 9.77. The fourth-order valence-corrected chi connectivity index (χ4v) is 2.67. The van der Waals surface area contributed by atoms with E-state index in [4.69, 9.17) is 0 Å². The highest BCUT2D eigenvalue weighted by Crippen LogP contribution is 2.44. The highest BCUT2D eigenvalue weighted by atomic mass is 19.3. The number of carbonyl (C=O) groups excluding carboxylic acids is 2. The molecule has 0 aromatic heterocycles. The number of amides is 2. The predicted octanol–water partition coefficient (Wildman–Crippen LogP) is 1.83. The summed E-state index contributed by atoms with van der Waals surface area (Å²) in [5.41, 5.74) is -3.48. The molecule has 9 heteroatoms. The quantitative estimate of drug-likeness (QED) is 0.735. The van der Waals surface area contributed by atoms with Gasteiger partial charge in [0.25, 0.3) is 0 Å². The third-order valence-corrected chi connectivity index (χ3v) is 3.75. The lowest BCUT2D eigenvalue weighted by molar-refractivity contribution is -0.272. The first kappa shape index (κ1) is 17.2. The molecular weight excluding hydrogens is 320 g/mol. The molecule has 0 spiro atoms. The number of ketones is 1. The summed E-state index contributed by atoms with van der Waals surface area (Å²) in [5, 5.41) is 13.8. The molecule has 1 heterocycles. The van der Waals surface area contributed by atoms with Crippen LogP contribution in [0.25, 0.3) is 0 Å². The Morgan fingerprint density at radius 2 is 1.87 bits per heavy atom. The topological polar surface area (TPSA) is 78.4 Å². The Morgan fingerprint density at radius 1 is 1.30 bits per heavy atom. The van der Waals surface area contributed by atoms with Gasteiger partial charge in [0.15, 0.2) is 0 Å². The van der Waals surface area contributed by atoms with Crippen molar-refractivity contribution in [2.45, 2.75) is 31.0 Å². The van der Waals surface area contributed by atoms with E-state index in [0.29, 0.717) is 0 Å². The number of benzene rings is 1. The Bertz CT molecular complexity index is 611. The van der Waals surface area contributed by atoms with Gasteiger partial charge in [0.2, 0.25) is 5.72 Å². The number of alkyl halides is 4. The van der Waals surface area contributed by atoms with Crippen LogP contribution in [0.4, 0.5) is 22.4 Å². The standard InChI is InChI=1S/C14H14F4N2O3/c1-7(21)9-10(8-5-3-2-4-6-8)19-12(22)20-14(9,23)13(17,18)11(15)16/h2-6,9-11,23H,1H3,(H2,19,20,22)/t9-,10+,14-/m1/s1. The summed E-state index contributed by atoms with van der Waals surface area (Å²) in [5.74, 6) is -8.01. The van der Waals surface area contributed by atoms with Gasteiger partial charge >= 0.3 is 18.4 Å². The van der Waals surface area contributed by atoms with Crippen molar-refractivity contribution in [2.75, 3.05) is 0 Å². The zero-order valence-electron chi connectivity index (χ0n) is 11.9. The molecule has 2 rings (SSSR count). The minimum Gasteiger partial charge on any atom is -0.365 e. The monoisotopic (exact) mass is 334 g/mol. The molecule has 1 saturated heterocycles. The molecule has 5 nitrogen and oxygen atoms in total. The third-order valence-electron chi connectivity index (χ3n) is 3.75. The molecule has 3 atom stereocenters. The average molecular weight is 334 g/mol. The van der Waals surface area contributed by atoms with Gasteiger partial charge in [-0.1, -0.05) is 30.3 Å². The largest absolute Gasteiger partial charge is 0.365 e. The van der Waals surface area contributed by atoms with Crippen molar-refractivity contribution in [3.8, 4) is 0 Å². The molecule has 0 bridgehead atoms. The molecule has 1 fully saturated rings. The molecule has 2 amide bonds. The van der Waals surface area contributed by atoms with Crippen LogP contribution in [-0.2, 0) is 4.79 Å². The molecule has 0 radical (unpaired) electrons. The number of Topliss-reactive ketones (excluding diaryl/α,β-unsaturated/α-hetero) is 1. The van der Waals surface area contributed by atoms with Gasteiger partial charge in [0.1, 0.15) is 5.78 Å². The zero-order chi connectivity index (χ0) is 17.4. The smallest absolute Gasteiger partial charge is 0.354 e. The number of nitrogens with one attached hydrogen (secondary N) is 2. The van der Waals surface area contributed by atoms with Crippen LogP contribution in [0.15, 0.2) is 30.3 Å². The SMILES string of the molecule is CC(=O)[C@@H]1[C@H](c2ccccc2)NC(=O)N[C@]1(O)C(F)(F)C(F)F. The molecule has 23 heavy (non-hydrogen) atoms. The molecule has 1 aromatic rings. The van der Waals surface area contributed by atoms with Crippen LogP contribution in [0.5, 0.6) is 0 Å². The van der Waals surface area contributed by atoms with Gasteiger partial charge in [0, 0.05) is 0 Å². The first-order valence-electron chi connectivity index (χ1n) is 6.63. The van der Waals surface area contributed by atoms with Crippen LogP contribution in [0.2, 0.25) is 0 Å². The van der Waals surface area contributed by atoms with Gasteiger partial charge in [-0.05, 0) is 12.5 Å². The molecule has 0 saturated carbocycles. The van der Waals surface area contributed by atoms with Crippen molar-refractivity contribution in [1.29, 1.82) is 0 Å². The second-order valence-corrected chi connectivity index (χ2v) is 5.27. The van der Waals surface area contributed by atoms with Crippen molar-refractivity contribution in [3.05, 3.63) is 35.9 Å². The van der Waals surface area contributed by atoms with Gasteiger partial charge in [-0.25, -0.2) is 13.6 Å². The fraction of sp³-hybridized carbons (Fsp3) is 0.429. The van der Waals surface area contributed by atoms with Crippen molar-refractivity contribution in [3.63, 3.8) is 0 Å². The van der Waals surface area contributed by atoms with Crippen molar-refractivity contribution in [1.82, 2.24) is 10.6 Å². The number of hydrogen-bond donors (Lipinski definition) is 3. The lowest BCUT2D eigenvalue weighted by Crippen LogP contribution is -2.75. The molecule has 0 aliphatic carbocycles. The number of rotatable bonds is 4. The molecule has 1 aromatic carbocycles. The molecule has 1 aliphatic heterocycles.